The van der Waals surface area contributed by atoms with Gasteiger partial charge in [-0.2, -0.15) is 0 Å². The zero-order valence-electron chi connectivity index (χ0n) is 11.9. The van der Waals surface area contributed by atoms with E-state index in [0.29, 0.717) is 12.8 Å². The van der Waals surface area contributed by atoms with E-state index in [1.54, 1.807) is 6.08 Å². The quantitative estimate of drug-likeness (QED) is 0.445. The van der Waals surface area contributed by atoms with Crippen molar-refractivity contribution >= 4 is 12.1 Å². The number of allylic oxidation sites excluding steroid dienone is 3. The first-order valence-corrected chi connectivity index (χ1v) is 6.41. The summed E-state index contributed by atoms with van der Waals surface area (Å²) in [5, 5.41) is 0. The topological polar surface area (TPSA) is 52.6 Å². The van der Waals surface area contributed by atoms with E-state index < -0.39 is 11.2 Å². The Labute approximate surface area is 113 Å². The Bertz CT molecular complexity index is 471. The fraction of sp³-hybridized carbons (Fsp3) is 0.600. The number of rotatable bonds is 3. The molecule has 0 amide bonds. The second-order valence-corrected chi connectivity index (χ2v) is 5.50. The van der Waals surface area contributed by atoms with Crippen LogP contribution in [0.5, 0.6) is 0 Å². The van der Waals surface area contributed by atoms with Crippen LogP contribution in [0.15, 0.2) is 23.3 Å². The molecule has 0 aliphatic heterocycles. The van der Waals surface area contributed by atoms with E-state index in [4.69, 9.17) is 9.47 Å². The van der Waals surface area contributed by atoms with Crippen LogP contribution in [0.2, 0.25) is 0 Å². The summed E-state index contributed by atoms with van der Waals surface area (Å²) in [7, 11) is 2.91. The number of carbonyl (C=O) groups is 2. The van der Waals surface area contributed by atoms with Crippen molar-refractivity contribution in [1.29, 1.82) is 0 Å². The van der Waals surface area contributed by atoms with Crippen molar-refractivity contribution in [2.75, 3.05) is 14.2 Å². The zero-order chi connectivity index (χ0) is 14.3. The Morgan fingerprint density at radius 2 is 1.89 bits per heavy atom. The third-order valence-electron chi connectivity index (χ3n) is 4.63. The number of carbonyl (C=O) groups excluding carboxylic acids is 2. The van der Waals surface area contributed by atoms with Crippen LogP contribution < -0.4 is 0 Å². The fourth-order valence-electron chi connectivity index (χ4n) is 3.32. The molecule has 0 spiro atoms. The molecule has 104 valence electrons. The van der Waals surface area contributed by atoms with Gasteiger partial charge in [-0.1, -0.05) is 17.2 Å². The highest BCUT2D eigenvalue weighted by atomic mass is 16.7. The molecule has 4 nitrogen and oxygen atoms in total. The number of hydrogen-bond donors (Lipinski definition) is 0. The first kappa shape index (κ1) is 14.2. The maximum absolute atomic E-state index is 12.2. The third-order valence-corrected chi connectivity index (χ3v) is 4.63. The van der Waals surface area contributed by atoms with Crippen molar-refractivity contribution in [3.05, 3.63) is 23.3 Å². The van der Waals surface area contributed by atoms with Gasteiger partial charge >= 0.3 is 0 Å². The van der Waals surface area contributed by atoms with E-state index in [2.05, 4.69) is 0 Å². The lowest BCUT2D eigenvalue weighted by atomic mass is 9.59. The van der Waals surface area contributed by atoms with Gasteiger partial charge in [0, 0.05) is 20.1 Å². The van der Waals surface area contributed by atoms with Crippen molar-refractivity contribution in [3.63, 3.8) is 0 Å². The molecular weight excluding hydrogens is 244 g/mol. The molecule has 2 rings (SSSR count). The standard InChI is InChI=1S/C15H20O4/c1-10-7-12-14(9-16,8-11(10)2)6-5-13(17)15(12,18-3)19-4/h5-6,9,12H,7-8H2,1-4H3/t12-,14+/m1/s1. The molecule has 0 fully saturated rings. The smallest absolute Gasteiger partial charge is 0.237 e. The predicted octanol–water partition coefficient (Wildman–Crippen LogP) is 2.05. The molecule has 2 aliphatic rings. The monoisotopic (exact) mass is 264 g/mol. The summed E-state index contributed by atoms with van der Waals surface area (Å²) in [6, 6.07) is 0. The Hall–Kier alpha value is -1.26. The minimum Gasteiger partial charge on any atom is -0.346 e. The van der Waals surface area contributed by atoms with Crippen LogP contribution in [0.25, 0.3) is 0 Å². The number of aldehydes is 1. The highest BCUT2D eigenvalue weighted by Gasteiger charge is 2.58. The molecule has 2 aliphatic carbocycles. The minimum atomic E-state index is -1.35. The summed E-state index contributed by atoms with van der Waals surface area (Å²) in [5.74, 6) is -1.89. The van der Waals surface area contributed by atoms with E-state index in [1.165, 1.54) is 31.4 Å². The van der Waals surface area contributed by atoms with Gasteiger partial charge in [-0.15, -0.1) is 0 Å². The van der Waals surface area contributed by atoms with E-state index >= 15 is 0 Å². The summed E-state index contributed by atoms with van der Waals surface area (Å²) in [5.41, 5.74) is 1.69. The molecule has 0 saturated carbocycles. The number of ether oxygens (including phenoxy) is 2. The van der Waals surface area contributed by atoms with Crippen LogP contribution in [0.1, 0.15) is 26.7 Å². The van der Waals surface area contributed by atoms with Crippen LogP contribution in [0.3, 0.4) is 0 Å². The zero-order valence-corrected chi connectivity index (χ0v) is 11.9. The van der Waals surface area contributed by atoms with E-state index in [0.717, 1.165) is 6.29 Å². The summed E-state index contributed by atoms with van der Waals surface area (Å²) in [4.78, 5) is 23.9. The largest absolute Gasteiger partial charge is 0.346 e. The summed E-state index contributed by atoms with van der Waals surface area (Å²) in [6.07, 6.45) is 5.32. The first-order valence-electron chi connectivity index (χ1n) is 6.41. The van der Waals surface area contributed by atoms with Gasteiger partial charge in [-0.3, -0.25) is 4.79 Å². The normalized spacial score (nSPS) is 33.3. The Balaban J connectivity index is 2.61. The maximum Gasteiger partial charge on any atom is 0.237 e. The van der Waals surface area contributed by atoms with Crippen LogP contribution in [0, 0.1) is 11.3 Å². The molecule has 0 saturated heterocycles. The average Bonchev–Trinajstić information content (AvgIpc) is 2.42. The average molecular weight is 264 g/mol. The molecule has 0 aromatic heterocycles. The predicted molar refractivity (Wildman–Crippen MR) is 70.5 cm³/mol. The molecule has 0 bridgehead atoms. The van der Waals surface area contributed by atoms with Crippen LogP contribution >= 0.6 is 0 Å². The van der Waals surface area contributed by atoms with Gasteiger partial charge < -0.3 is 14.3 Å². The lowest BCUT2D eigenvalue weighted by Crippen LogP contribution is -2.58. The summed E-state index contributed by atoms with van der Waals surface area (Å²) >= 11 is 0. The molecule has 0 radical (unpaired) electrons. The SMILES string of the molecule is COC1(OC)C(=O)C=C[C@@]2(C=O)CC(C)=C(C)C[C@@H]12. The minimum absolute atomic E-state index is 0.229. The lowest BCUT2D eigenvalue weighted by Gasteiger charge is -2.49. The number of ketones is 1. The van der Waals surface area contributed by atoms with Crippen LogP contribution in [-0.4, -0.2) is 32.1 Å². The van der Waals surface area contributed by atoms with E-state index in [1.807, 2.05) is 13.8 Å². The van der Waals surface area contributed by atoms with E-state index in [-0.39, 0.29) is 11.7 Å². The summed E-state index contributed by atoms with van der Waals surface area (Å²) in [6.45, 7) is 4.06. The molecule has 0 heterocycles. The number of hydrogen-bond acceptors (Lipinski definition) is 4. The lowest BCUT2D eigenvalue weighted by molar-refractivity contribution is -0.242. The molecular formula is C15H20O4. The Kier molecular flexibility index (Phi) is 3.49. The van der Waals surface area contributed by atoms with Crippen molar-refractivity contribution in [2.45, 2.75) is 32.5 Å². The third kappa shape index (κ3) is 1.82. The maximum atomic E-state index is 12.2. The van der Waals surface area contributed by atoms with Crippen LogP contribution in [-0.2, 0) is 19.1 Å². The van der Waals surface area contributed by atoms with Gasteiger partial charge in [0.15, 0.2) is 0 Å². The van der Waals surface area contributed by atoms with Crippen molar-refractivity contribution < 1.29 is 19.1 Å². The van der Waals surface area contributed by atoms with Gasteiger partial charge in [0.1, 0.15) is 6.29 Å². The van der Waals surface area contributed by atoms with Crippen LogP contribution in [0.4, 0.5) is 0 Å². The van der Waals surface area contributed by atoms with Gasteiger partial charge in [-0.25, -0.2) is 0 Å². The van der Waals surface area contributed by atoms with Crippen molar-refractivity contribution in [3.8, 4) is 0 Å². The molecule has 0 unspecified atom stereocenters. The molecule has 19 heavy (non-hydrogen) atoms. The number of methoxy groups -OCH3 is 2. The second kappa shape index (κ2) is 4.69. The fourth-order valence-corrected chi connectivity index (χ4v) is 3.32. The molecule has 2 atom stereocenters. The van der Waals surface area contributed by atoms with Gasteiger partial charge in [0.05, 0.1) is 5.41 Å². The summed E-state index contributed by atoms with van der Waals surface area (Å²) < 4.78 is 10.8. The molecule has 0 aromatic carbocycles. The highest BCUT2D eigenvalue weighted by molar-refractivity contribution is 5.99. The molecule has 0 aromatic rings. The first-order chi connectivity index (χ1) is 8.95. The van der Waals surface area contributed by atoms with Gasteiger partial charge in [0.2, 0.25) is 11.6 Å². The second-order valence-electron chi connectivity index (χ2n) is 5.50. The van der Waals surface area contributed by atoms with E-state index in [9.17, 15) is 9.59 Å². The molecule has 0 N–H and O–H groups in total. The van der Waals surface area contributed by atoms with Crippen molar-refractivity contribution in [2.24, 2.45) is 11.3 Å². The van der Waals surface area contributed by atoms with Gasteiger partial charge in [0.25, 0.3) is 0 Å². The van der Waals surface area contributed by atoms with Gasteiger partial charge in [-0.05, 0) is 32.8 Å². The Morgan fingerprint density at radius 3 is 2.42 bits per heavy atom. The Morgan fingerprint density at radius 1 is 1.26 bits per heavy atom. The number of fused-ring (bicyclic) bond motifs is 1. The van der Waals surface area contributed by atoms with Crippen molar-refractivity contribution in [1.82, 2.24) is 0 Å². The highest BCUT2D eigenvalue weighted by Crippen LogP contribution is 2.52. The molecule has 4 heteroatoms.